The second-order valence-corrected chi connectivity index (χ2v) is 6.84. The standard InChI is InChI=1S/C19H18N4O3S/c1-13-21-22-19(23(13)15-5-3-2-4-6-15)27-12-18(24)20-14-7-8-16-17(11-14)26-10-9-25-16/h2-8,11H,9-10,12H2,1H3,(H,20,24). The summed E-state index contributed by atoms with van der Waals surface area (Å²) in [6.45, 7) is 2.94. The first kappa shape index (κ1) is 17.4. The number of carbonyl (C=O) groups is 1. The summed E-state index contributed by atoms with van der Waals surface area (Å²) in [5, 5.41) is 11.9. The van der Waals surface area contributed by atoms with Crippen LogP contribution in [0.5, 0.6) is 11.5 Å². The summed E-state index contributed by atoms with van der Waals surface area (Å²) in [5.41, 5.74) is 1.64. The second kappa shape index (κ2) is 7.71. The highest BCUT2D eigenvalue weighted by molar-refractivity contribution is 7.99. The normalized spacial score (nSPS) is 12.6. The van der Waals surface area contributed by atoms with Crippen LogP contribution in [-0.2, 0) is 4.79 Å². The van der Waals surface area contributed by atoms with Gasteiger partial charge in [-0.1, -0.05) is 30.0 Å². The number of aryl methyl sites for hydroxylation is 1. The molecule has 0 saturated heterocycles. The lowest BCUT2D eigenvalue weighted by atomic mass is 10.2. The quantitative estimate of drug-likeness (QED) is 0.684. The molecular weight excluding hydrogens is 364 g/mol. The molecule has 0 bridgehead atoms. The molecule has 27 heavy (non-hydrogen) atoms. The molecule has 1 aliphatic heterocycles. The van der Waals surface area contributed by atoms with Crippen LogP contribution in [-0.4, -0.2) is 39.6 Å². The van der Waals surface area contributed by atoms with Gasteiger partial charge in [0.25, 0.3) is 0 Å². The second-order valence-electron chi connectivity index (χ2n) is 5.90. The molecule has 3 aromatic rings. The fourth-order valence-electron chi connectivity index (χ4n) is 2.76. The topological polar surface area (TPSA) is 78.3 Å². The lowest BCUT2D eigenvalue weighted by Crippen LogP contribution is -2.17. The molecule has 1 N–H and O–H groups in total. The number of nitrogens with one attached hydrogen (secondary N) is 1. The number of ether oxygens (including phenoxy) is 2. The zero-order valence-electron chi connectivity index (χ0n) is 14.7. The van der Waals surface area contributed by atoms with E-state index in [0.29, 0.717) is 35.6 Å². The van der Waals surface area contributed by atoms with Gasteiger partial charge < -0.3 is 14.8 Å². The Kier molecular flexibility index (Phi) is 4.97. The first-order chi connectivity index (χ1) is 13.2. The Bertz CT molecular complexity index is 959. The molecule has 8 heteroatoms. The molecule has 2 aromatic carbocycles. The van der Waals surface area contributed by atoms with Crippen LogP contribution in [0.1, 0.15) is 5.82 Å². The molecule has 0 atom stereocenters. The minimum atomic E-state index is -0.128. The van der Waals surface area contributed by atoms with Gasteiger partial charge >= 0.3 is 0 Å². The van der Waals surface area contributed by atoms with E-state index in [2.05, 4.69) is 15.5 Å². The molecule has 138 valence electrons. The molecule has 0 radical (unpaired) electrons. The Morgan fingerprint density at radius 2 is 1.89 bits per heavy atom. The third-order valence-electron chi connectivity index (χ3n) is 3.97. The molecule has 4 rings (SSSR count). The van der Waals surface area contributed by atoms with Crippen molar-refractivity contribution in [2.24, 2.45) is 0 Å². The van der Waals surface area contributed by atoms with Crippen molar-refractivity contribution in [3.63, 3.8) is 0 Å². The summed E-state index contributed by atoms with van der Waals surface area (Å²) in [6, 6.07) is 15.2. The van der Waals surface area contributed by atoms with Crippen LogP contribution in [0.3, 0.4) is 0 Å². The number of para-hydroxylation sites is 1. The van der Waals surface area contributed by atoms with Gasteiger partial charge in [0.1, 0.15) is 19.0 Å². The molecule has 1 aromatic heterocycles. The summed E-state index contributed by atoms with van der Waals surface area (Å²) in [6.07, 6.45) is 0. The number of aromatic nitrogens is 3. The number of thioether (sulfide) groups is 1. The zero-order chi connectivity index (χ0) is 18.6. The Hall–Kier alpha value is -3.00. The van der Waals surface area contributed by atoms with Crippen LogP contribution in [0.15, 0.2) is 53.7 Å². The number of hydrogen-bond acceptors (Lipinski definition) is 6. The van der Waals surface area contributed by atoms with E-state index in [9.17, 15) is 4.79 Å². The van der Waals surface area contributed by atoms with E-state index < -0.39 is 0 Å². The van der Waals surface area contributed by atoms with Gasteiger partial charge in [-0.15, -0.1) is 10.2 Å². The summed E-state index contributed by atoms with van der Waals surface area (Å²) in [4.78, 5) is 12.3. The van der Waals surface area contributed by atoms with Gasteiger partial charge in [-0.25, -0.2) is 0 Å². The zero-order valence-corrected chi connectivity index (χ0v) is 15.5. The average Bonchev–Trinajstić information content (AvgIpc) is 3.07. The number of nitrogens with zero attached hydrogens (tertiary/aromatic N) is 3. The van der Waals surface area contributed by atoms with E-state index in [0.717, 1.165) is 11.5 Å². The van der Waals surface area contributed by atoms with Crippen LogP contribution in [0.4, 0.5) is 5.69 Å². The van der Waals surface area contributed by atoms with Crippen molar-refractivity contribution < 1.29 is 14.3 Å². The summed E-state index contributed by atoms with van der Waals surface area (Å²) < 4.78 is 13.0. The first-order valence-electron chi connectivity index (χ1n) is 8.50. The van der Waals surface area contributed by atoms with Gasteiger partial charge in [-0.3, -0.25) is 9.36 Å². The molecule has 1 amide bonds. The van der Waals surface area contributed by atoms with Gasteiger partial charge in [-0.2, -0.15) is 0 Å². The van der Waals surface area contributed by atoms with Crippen LogP contribution < -0.4 is 14.8 Å². The van der Waals surface area contributed by atoms with Crippen molar-refractivity contribution in [2.75, 3.05) is 24.3 Å². The maximum atomic E-state index is 12.3. The third kappa shape index (κ3) is 3.90. The molecule has 2 heterocycles. The number of benzene rings is 2. The molecule has 0 unspecified atom stereocenters. The number of hydrogen-bond donors (Lipinski definition) is 1. The minimum Gasteiger partial charge on any atom is -0.486 e. The Balaban J connectivity index is 1.42. The molecular formula is C19H18N4O3S. The average molecular weight is 382 g/mol. The number of fused-ring (bicyclic) bond motifs is 1. The van der Waals surface area contributed by atoms with E-state index in [4.69, 9.17) is 9.47 Å². The minimum absolute atomic E-state index is 0.128. The predicted molar refractivity (Wildman–Crippen MR) is 103 cm³/mol. The highest BCUT2D eigenvalue weighted by atomic mass is 32.2. The van der Waals surface area contributed by atoms with Crippen LogP contribution in [0, 0.1) is 6.92 Å². The number of carbonyl (C=O) groups excluding carboxylic acids is 1. The Labute approximate surface area is 160 Å². The molecule has 0 spiro atoms. The summed E-state index contributed by atoms with van der Waals surface area (Å²) in [5.74, 6) is 2.21. The van der Waals surface area contributed by atoms with Gasteiger partial charge in [0.05, 0.1) is 5.75 Å². The predicted octanol–water partition coefficient (Wildman–Crippen LogP) is 3.08. The van der Waals surface area contributed by atoms with Crippen LogP contribution >= 0.6 is 11.8 Å². The monoisotopic (exact) mass is 382 g/mol. The van der Waals surface area contributed by atoms with E-state index in [1.807, 2.05) is 41.8 Å². The van der Waals surface area contributed by atoms with Crippen molar-refractivity contribution in [3.8, 4) is 17.2 Å². The van der Waals surface area contributed by atoms with Crippen molar-refractivity contribution >= 4 is 23.4 Å². The lowest BCUT2D eigenvalue weighted by Gasteiger charge is -2.19. The molecule has 1 aliphatic rings. The summed E-state index contributed by atoms with van der Waals surface area (Å²) >= 11 is 1.34. The van der Waals surface area contributed by atoms with Crippen molar-refractivity contribution in [3.05, 3.63) is 54.4 Å². The molecule has 0 saturated carbocycles. The smallest absolute Gasteiger partial charge is 0.234 e. The molecule has 7 nitrogen and oxygen atoms in total. The van der Waals surface area contributed by atoms with Crippen molar-refractivity contribution in [1.82, 2.24) is 14.8 Å². The van der Waals surface area contributed by atoms with E-state index >= 15 is 0 Å². The number of rotatable bonds is 5. The molecule has 0 aliphatic carbocycles. The summed E-state index contributed by atoms with van der Waals surface area (Å²) in [7, 11) is 0. The van der Waals surface area contributed by atoms with Crippen LogP contribution in [0.25, 0.3) is 5.69 Å². The fraction of sp³-hybridized carbons (Fsp3) is 0.211. The SMILES string of the molecule is Cc1nnc(SCC(=O)Nc2ccc3c(c2)OCCO3)n1-c1ccccc1. The van der Waals surface area contributed by atoms with Gasteiger partial charge in [0.15, 0.2) is 16.7 Å². The van der Waals surface area contributed by atoms with Crippen molar-refractivity contribution in [1.29, 1.82) is 0 Å². The lowest BCUT2D eigenvalue weighted by molar-refractivity contribution is -0.113. The van der Waals surface area contributed by atoms with Gasteiger partial charge in [0, 0.05) is 17.4 Å². The molecule has 0 fully saturated rings. The van der Waals surface area contributed by atoms with Crippen molar-refractivity contribution in [2.45, 2.75) is 12.1 Å². The fourth-order valence-corrected chi connectivity index (χ4v) is 3.56. The highest BCUT2D eigenvalue weighted by Crippen LogP contribution is 2.32. The largest absolute Gasteiger partial charge is 0.486 e. The maximum absolute atomic E-state index is 12.3. The number of anilines is 1. The van der Waals surface area contributed by atoms with E-state index in [1.165, 1.54) is 11.8 Å². The third-order valence-corrected chi connectivity index (χ3v) is 4.90. The maximum Gasteiger partial charge on any atom is 0.234 e. The van der Waals surface area contributed by atoms with Crippen LogP contribution in [0.2, 0.25) is 0 Å². The highest BCUT2D eigenvalue weighted by Gasteiger charge is 2.15. The van der Waals surface area contributed by atoms with E-state index in [1.54, 1.807) is 18.2 Å². The Morgan fingerprint density at radius 1 is 1.11 bits per heavy atom. The first-order valence-corrected chi connectivity index (χ1v) is 9.49. The Morgan fingerprint density at radius 3 is 2.70 bits per heavy atom. The van der Waals surface area contributed by atoms with Gasteiger partial charge in [0.2, 0.25) is 5.91 Å². The van der Waals surface area contributed by atoms with Gasteiger partial charge in [-0.05, 0) is 31.2 Å². The van der Waals surface area contributed by atoms with E-state index in [-0.39, 0.29) is 11.7 Å². The number of amides is 1.